The van der Waals surface area contributed by atoms with Crippen molar-refractivity contribution < 1.29 is 4.74 Å². The number of aromatic nitrogens is 2. The zero-order valence-corrected chi connectivity index (χ0v) is 13.3. The summed E-state index contributed by atoms with van der Waals surface area (Å²) in [6.45, 7) is 5.57. The van der Waals surface area contributed by atoms with Crippen molar-refractivity contribution in [1.82, 2.24) is 14.7 Å². The van der Waals surface area contributed by atoms with E-state index in [0.717, 1.165) is 23.1 Å². The number of rotatable bonds is 4. The van der Waals surface area contributed by atoms with Gasteiger partial charge in [-0.3, -0.25) is 4.40 Å². The maximum atomic E-state index is 5.40. The monoisotopic (exact) mass is 293 g/mol. The minimum Gasteiger partial charge on any atom is -0.480 e. The highest BCUT2D eigenvalue weighted by molar-refractivity contribution is 7.15. The highest BCUT2D eigenvalue weighted by Gasteiger charge is 2.26. The normalized spacial score (nSPS) is 19.6. The molecule has 1 aliphatic rings. The van der Waals surface area contributed by atoms with Crippen LogP contribution in [0.1, 0.15) is 45.2 Å². The second-order valence-electron chi connectivity index (χ2n) is 6.44. The van der Waals surface area contributed by atoms with Gasteiger partial charge in [-0.15, -0.1) is 11.3 Å². The van der Waals surface area contributed by atoms with Crippen LogP contribution in [0.5, 0.6) is 5.88 Å². The maximum Gasteiger partial charge on any atom is 0.237 e. The summed E-state index contributed by atoms with van der Waals surface area (Å²) in [7, 11) is 1.69. The van der Waals surface area contributed by atoms with E-state index in [9.17, 15) is 0 Å². The number of methoxy groups -OCH3 is 1. The largest absolute Gasteiger partial charge is 0.480 e. The van der Waals surface area contributed by atoms with Gasteiger partial charge in [0.05, 0.1) is 7.11 Å². The average molecular weight is 293 g/mol. The van der Waals surface area contributed by atoms with E-state index in [4.69, 9.17) is 4.74 Å². The van der Waals surface area contributed by atoms with E-state index in [1.165, 1.54) is 25.7 Å². The molecule has 3 rings (SSSR count). The van der Waals surface area contributed by atoms with Gasteiger partial charge in [-0.1, -0.05) is 13.8 Å². The molecule has 0 unspecified atom stereocenters. The van der Waals surface area contributed by atoms with E-state index in [2.05, 4.69) is 40.1 Å². The molecule has 0 aliphatic heterocycles. The zero-order valence-electron chi connectivity index (χ0n) is 12.5. The lowest BCUT2D eigenvalue weighted by atomic mass is 9.75. The number of nitrogens with zero attached hydrogens (tertiary/aromatic N) is 2. The fourth-order valence-corrected chi connectivity index (χ4v) is 3.71. The Hall–Kier alpha value is -1.07. The first kappa shape index (κ1) is 13.9. The van der Waals surface area contributed by atoms with E-state index in [1.807, 2.05) is 0 Å². The van der Waals surface area contributed by atoms with Gasteiger partial charge in [-0.05, 0) is 31.1 Å². The van der Waals surface area contributed by atoms with E-state index in [0.29, 0.717) is 11.5 Å². The molecule has 1 N–H and O–H groups in total. The van der Waals surface area contributed by atoms with Crippen molar-refractivity contribution in [3.05, 3.63) is 17.3 Å². The van der Waals surface area contributed by atoms with Crippen LogP contribution in [0.25, 0.3) is 4.96 Å². The summed E-state index contributed by atoms with van der Waals surface area (Å²) in [5.41, 5.74) is 1.65. The first-order chi connectivity index (χ1) is 9.59. The first-order valence-corrected chi connectivity index (χ1v) is 8.19. The summed E-state index contributed by atoms with van der Waals surface area (Å²) in [4.78, 5) is 5.50. The summed E-state index contributed by atoms with van der Waals surface area (Å²) in [6.07, 6.45) is 7.21. The van der Waals surface area contributed by atoms with Gasteiger partial charge in [0.2, 0.25) is 5.88 Å². The molecule has 2 aromatic heterocycles. The minimum absolute atomic E-state index is 0.521. The number of hydrogen-bond donors (Lipinski definition) is 1. The number of fused-ring (bicyclic) bond motifs is 1. The average Bonchev–Trinajstić information content (AvgIpc) is 2.98. The quantitative estimate of drug-likeness (QED) is 0.938. The maximum absolute atomic E-state index is 5.40. The lowest BCUT2D eigenvalue weighted by molar-refractivity contribution is 0.205. The second kappa shape index (κ2) is 5.37. The number of imidazole rings is 1. The molecule has 0 saturated heterocycles. The third-order valence-electron chi connectivity index (χ3n) is 4.42. The summed E-state index contributed by atoms with van der Waals surface area (Å²) in [5, 5.41) is 5.75. The Bertz CT molecular complexity index is 577. The Morgan fingerprint density at radius 2 is 2.20 bits per heavy atom. The highest BCUT2D eigenvalue weighted by Crippen LogP contribution is 2.35. The lowest BCUT2D eigenvalue weighted by Gasteiger charge is -2.34. The molecule has 110 valence electrons. The topological polar surface area (TPSA) is 38.6 Å². The Morgan fingerprint density at radius 3 is 2.90 bits per heavy atom. The molecule has 20 heavy (non-hydrogen) atoms. The van der Waals surface area contributed by atoms with Crippen LogP contribution in [0.2, 0.25) is 0 Å². The second-order valence-corrected chi connectivity index (χ2v) is 7.32. The fourth-order valence-electron chi connectivity index (χ4n) is 2.98. The molecule has 4 nitrogen and oxygen atoms in total. The van der Waals surface area contributed by atoms with Crippen molar-refractivity contribution in [3.8, 4) is 5.88 Å². The van der Waals surface area contributed by atoms with E-state index < -0.39 is 0 Å². The van der Waals surface area contributed by atoms with Crippen LogP contribution < -0.4 is 10.1 Å². The number of thiazole rings is 1. The molecule has 1 saturated carbocycles. The Morgan fingerprint density at radius 1 is 1.45 bits per heavy atom. The standard InChI is InChI=1S/C15H23N3OS/c1-15(2)6-4-11(5-7-15)16-10-12-13(19-3)17-14-18(12)8-9-20-14/h8-9,11,16H,4-7,10H2,1-3H3. The number of nitrogens with one attached hydrogen (secondary N) is 1. The molecule has 0 spiro atoms. The van der Waals surface area contributed by atoms with Gasteiger partial charge in [0.15, 0.2) is 4.96 Å². The van der Waals surface area contributed by atoms with Crippen molar-refractivity contribution >= 4 is 16.3 Å². The molecule has 2 heterocycles. The van der Waals surface area contributed by atoms with Crippen LogP contribution in [-0.4, -0.2) is 22.5 Å². The minimum atomic E-state index is 0.521. The summed E-state index contributed by atoms with van der Waals surface area (Å²) < 4.78 is 7.52. The molecule has 0 amide bonds. The molecule has 0 bridgehead atoms. The van der Waals surface area contributed by atoms with Crippen molar-refractivity contribution in [2.45, 2.75) is 52.1 Å². The first-order valence-electron chi connectivity index (χ1n) is 7.31. The fraction of sp³-hybridized carbons (Fsp3) is 0.667. The van der Waals surface area contributed by atoms with Crippen molar-refractivity contribution in [1.29, 1.82) is 0 Å². The molecular weight excluding hydrogens is 270 g/mol. The molecule has 0 radical (unpaired) electrons. The third-order valence-corrected chi connectivity index (χ3v) is 5.17. The van der Waals surface area contributed by atoms with Crippen LogP contribution in [0.15, 0.2) is 11.6 Å². The number of hydrogen-bond acceptors (Lipinski definition) is 4. The Balaban J connectivity index is 1.66. The van der Waals surface area contributed by atoms with Crippen molar-refractivity contribution in [2.24, 2.45) is 5.41 Å². The summed E-state index contributed by atoms with van der Waals surface area (Å²) in [5.74, 6) is 0.750. The van der Waals surface area contributed by atoms with E-state index in [-0.39, 0.29) is 0 Å². The Kier molecular flexibility index (Phi) is 3.73. The molecule has 0 atom stereocenters. The van der Waals surface area contributed by atoms with Gasteiger partial charge >= 0.3 is 0 Å². The lowest BCUT2D eigenvalue weighted by Crippen LogP contribution is -2.35. The van der Waals surface area contributed by atoms with Crippen LogP contribution in [0.3, 0.4) is 0 Å². The van der Waals surface area contributed by atoms with Crippen molar-refractivity contribution in [3.63, 3.8) is 0 Å². The SMILES string of the molecule is COc1nc2sccn2c1CNC1CCC(C)(C)CC1. The molecule has 0 aromatic carbocycles. The summed E-state index contributed by atoms with van der Waals surface area (Å²) in [6, 6.07) is 0.622. The van der Waals surface area contributed by atoms with Gasteiger partial charge in [0, 0.05) is 24.2 Å². The molecule has 2 aromatic rings. The third kappa shape index (κ3) is 2.69. The molecule has 1 fully saturated rings. The predicted octanol–water partition coefficient (Wildman–Crippen LogP) is 3.46. The molecule has 5 heteroatoms. The van der Waals surface area contributed by atoms with Gasteiger partial charge in [0.25, 0.3) is 0 Å². The Labute approximate surface area is 124 Å². The van der Waals surface area contributed by atoms with E-state index in [1.54, 1.807) is 18.4 Å². The molecular formula is C15H23N3OS. The van der Waals surface area contributed by atoms with Gasteiger partial charge in [0.1, 0.15) is 5.69 Å². The van der Waals surface area contributed by atoms with Gasteiger partial charge in [-0.2, -0.15) is 4.98 Å². The van der Waals surface area contributed by atoms with Gasteiger partial charge in [-0.25, -0.2) is 0 Å². The zero-order chi connectivity index (χ0) is 14.2. The highest BCUT2D eigenvalue weighted by atomic mass is 32.1. The number of ether oxygens (including phenoxy) is 1. The van der Waals surface area contributed by atoms with Crippen LogP contribution in [0.4, 0.5) is 0 Å². The van der Waals surface area contributed by atoms with Crippen LogP contribution >= 0.6 is 11.3 Å². The smallest absolute Gasteiger partial charge is 0.237 e. The predicted molar refractivity (Wildman–Crippen MR) is 82.5 cm³/mol. The van der Waals surface area contributed by atoms with Crippen LogP contribution in [0, 0.1) is 5.41 Å². The summed E-state index contributed by atoms with van der Waals surface area (Å²) >= 11 is 1.64. The van der Waals surface area contributed by atoms with E-state index >= 15 is 0 Å². The molecule has 1 aliphatic carbocycles. The van der Waals surface area contributed by atoms with Crippen LogP contribution in [-0.2, 0) is 6.54 Å². The van der Waals surface area contributed by atoms with Gasteiger partial charge < -0.3 is 10.1 Å². The van der Waals surface area contributed by atoms with Crippen molar-refractivity contribution in [2.75, 3.05) is 7.11 Å².